The van der Waals surface area contributed by atoms with Crippen molar-refractivity contribution in [3.63, 3.8) is 0 Å². The monoisotopic (exact) mass is 469 g/mol. The van der Waals surface area contributed by atoms with E-state index in [1.807, 2.05) is 30.3 Å². The molecule has 1 aliphatic heterocycles. The summed E-state index contributed by atoms with van der Waals surface area (Å²) in [6, 6.07) is 9.92. The SMILES string of the molecule is CCN1CCC(CNC(=NC)NCc2coc(-c3ccccc3)n2)C1.I. The molecule has 1 saturated heterocycles. The normalized spacial score (nSPS) is 17.8. The number of nitrogens with zero attached hydrogens (tertiary/aromatic N) is 3. The Hall–Kier alpha value is -1.61. The van der Waals surface area contributed by atoms with Crippen molar-refractivity contribution in [2.24, 2.45) is 10.9 Å². The van der Waals surface area contributed by atoms with Gasteiger partial charge in [0.2, 0.25) is 5.89 Å². The van der Waals surface area contributed by atoms with Gasteiger partial charge in [0.05, 0.1) is 12.2 Å². The Kier molecular flexibility index (Phi) is 8.37. The molecule has 0 aliphatic carbocycles. The smallest absolute Gasteiger partial charge is 0.226 e. The highest BCUT2D eigenvalue weighted by Gasteiger charge is 2.21. The summed E-state index contributed by atoms with van der Waals surface area (Å²) in [5.41, 5.74) is 1.85. The zero-order valence-corrected chi connectivity index (χ0v) is 17.8. The molecule has 1 atom stereocenters. The fourth-order valence-electron chi connectivity index (χ4n) is 3.10. The van der Waals surface area contributed by atoms with Gasteiger partial charge in [-0.3, -0.25) is 4.99 Å². The number of aromatic nitrogens is 1. The number of aliphatic imine (C=N–C) groups is 1. The van der Waals surface area contributed by atoms with E-state index in [2.05, 4.69) is 32.4 Å². The third kappa shape index (κ3) is 5.70. The van der Waals surface area contributed by atoms with Crippen LogP contribution in [0.5, 0.6) is 0 Å². The molecule has 26 heavy (non-hydrogen) atoms. The van der Waals surface area contributed by atoms with E-state index in [0.717, 1.165) is 30.3 Å². The Balaban J connectivity index is 0.00000243. The number of halogens is 1. The lowest BCUT2D eigenvalue weighted by atomic mass is 10.1. The van der Waals surface area contributed by atoms with Gasteiger partial charge >= 0.3 is 0 Å². The lowest BCUT2D eigenvalue weighted by molar-refractivity contribution is 0.342. The average molecular weight is 469 g/mol. The van der Waals surface area contributed by atoms with E-state index >= 15 is 0 Å². The molecule has 2 aromatic rings. The highest BCUT2D eigenvalue weighted by molar-refractivity contribution is 14.0. The second-order valence-electron chi connectivity index (χ2n) is 6.36. The van der Waals surface area contributed by atoms with E-state index < -0.39 is 0 Å². The van der Waals surface area contributed by atoms with Crippen LogP contribution in [-0.2, 0) is 6.54 Å². The van der Waals surface area contributed by atoms with Crippen LogP contribution in [0.15, 0.2) is 46.0 Å². The molecule has 0 amide bonds. The first-order valence-corrected chi connectivity index (χ1v) is 8.95. The first-order chi connectivity index (χ1) is 12.3. The zero-order valence-electron chi connectivity index (χ0n) is 15.4. The maximum atomic E-state index is 5.57. The molecular weight excluding hydrogens is 441 g/mol. The molecule has 0 radical (unpaired) electrons. The van der Waals surface area contributed by atoms with E-state index in [-0.39, 0.29) is 24.0 Å². The number of rotatable bonds is 6. The summed E-state index contributed by atoms with van der Waals surface area (Å²) < 4.78 is 5.57. The van der Waals surface area contributed by atoms with Crippen molar-refractivity contribution in [1.82, 2.24) is 20.5 Å². The van der Waals surface area contributed by atoms with Crippen molar-refractivity contribution in [2.75, 3.05) is 33.2 Å². The van der Waals surface area contributed by atoms with E-state index in [1.165, 1.54) is 19.5 Å². The van der Waals surface area contributed by atoms with Crippen molar-refractivity contribution in [1.29, 1.82) is 0 Å². The molecule has 1 unspecified atom stereocenters. The fourth-order valence-corrected chi connectivity index (χ4v) is 3.10. The van der Waals surface area contributed by atoms with Gasteiger partial charge in [-0.25, -0.2) is 4.98 Å². The van der Waals surface area contributed by atoms with Gasteiger partial charge in [0, 0.05) is 25.7 Å². The minimum absolute atomic E-state index is 0. The van der Waals surface area contributed by atoms with Crippen LogP contribution in [0.1, 0.15) is 19.0 Å². The Morgan fingerprint density at radius 2 is 2.12 bits per heavy atom. The minimum Gasteiger partial charge on any atom is -0.444 e. The topological polar surface area (TPSA) is 65.7 Å². The van der Waals surface area contributed by atoms with Crippen LogP contribution in [0, 0.1) is 5.92 Å². The van der Waals surface area contributed by atoms with Crippen LogP contribution in [0.4, 0.5) is 0 Å². The van der Waals surface area contributed by atoms with Crippen LogP contribution < -0.4 is 10.6 Å². The molecule has 1 fully saturated rings. The van der Waals surface area contributed by atoms with Crippen molar-refractivity contribution >= 4 is 29.9 Å². The molecule has 2 heterocycles. The first-order valence-electron chi connectivity index (χ1n) is 8.95. The van der Waals surface area contributed by atoms with Crippen LogP contribution in [0.2, 0.25) is 0 Å². The number of guanidine groups is 1. The zero-order chi connectivity index (χ0) is 17.5. The molecule has 1 aliphatic rings. The van der Waals surface area contributed by atoms with Gasteiger partial charge in [-0.2, -0.15) is 0 Å². The molecular formula is C19H28IN5O. The predicted molar refractivity (Wildman–Crippen MR) is 116 cm³/mol. The molecule has 1 aromatic carbocycles. The second kappa shape index (κ2) is 10.5. The van der Waals surface area contributed by atoms with E-state index in [9.17, 15) is 0 Å². The Morgan fingerprint density at radius 3 is 2.81 bits per heavy atom. The van der Waals surface area contributed by atoms with Crippen LogP contribution >= 0.6 is 24.0 Å². The average Bonchev–Trinajstić information content (AvgIpc) is 3.32. The van der Waals surface area contributed by atoms with Gasteiger partial charge in [-0.05, 0) is 37.6 Å². The van der Waals surface area contributed by atoms with Gasteiger partial charge < -0.3 is 20.0 Å². The molecule has 7 heteroatoms. The molecule has 0 spiro atoms. The highest BCUT2D eigenvalue weighted by atomic mass is 127. The van der Waals surface area contributed by atoms with Crippen molar-refractivity contribution in [3.05, 3.63) is 42.3 Å². The lowest BCUT2D eigenvalue weighted by Gasteiger charge is -2.16. The number of hydrogen-bond donors (Lipinski definition) is 2. The van der Waals surface area contributed by atoms with Gasteiger partial charge in [0.15, 0.2) is 5.96 Å². The maximum absolute atomic E-state index is 5.57. The number of nitrogens with one attached hydrogen (secondary N) is 2. The summed E-state index contributed by atoms with van der Waals surface area (Å²) >= 11 is 0. The maximum Gasteiger partial charge on any atom is 0.226 e. The largest absolute Gasteiger partial charge is 0.444 e. The molecule has 0 bridgehead atoms. The van der Waals surface area contributed by atoms with Crippen molar-refractivity contribution < 1.29 is 4.42 Å². The summed E-state index contributed by atoms with van der Waals surface area (Å²) in [4.78, 5) is 11.3. The summed E-state index contributed by atoms with van der Waals surface area (Å²) in [5.74, 6) is 2.14. The third-order valence-electron chi connectivity index (χ3n) is 4.61. The molecule has 0 saturated carbocycles. The van der Waals surface area contributed by atoms with E-state index in [1.54, 1.807) is 13.3 Å². The van der Waals surface area contributed by atoms with Gasteiger partial charge in [0.1, 0.15) is 6.26 Å². The number of benzene rings is 1. The number of hydrogen-bond acceptors (Lipinski definition) is 4. The van der Waals surface area contributed by atoms with E-state index in [4.69, 9.17) is 4.42 Å². The van der Waals surface area contributed by atoms with Gasteiger partial charge in [-0.15, -0.1) is 24.0 Å². The van der Waals surface area contributed by atoms with Gasteiger partial charge in [0.25, 0.3) is 0 Å². The summed E-state index contributed by atoms with van der Waals surface area (Å²) in [6.07, 6.45) is 2.94. The Labute approximate surface area is 172 Å². The Bertz CT molecular complexity index is 688. The predicted octanol–water partition coefficient (Wildman–Crippen LogP) is 2.97. The molecule has 2 N–H and O–H groups in total. The fraction of sp³-hybridized carbons (Fsp3) is 0.474. The third-order valence-corrected chi connectivity index (χ3v) is 4.61. The molecule has 6 nitrogen and oxygen atoms in total. The summed E-state index contributed by atoms with van der Waals surface area (Å²) in [5, 5.41) is 6.72. The van der Waals surface area contributed by atoms with Crippen LogP contribution in [0.25, 0.3) is 11.5 Å². The van der Waals surface area contributed by atoms with Gasteiger partial charge in [-0.1, -0.05) is 25.1 Å². The van der Waals surface area contributed by atoms with E-state index in [0.29, 0.717) is 18.4 Å². The summed E-state index contributed by atoms with van der Waals surface area (Å²) in [6.45, 7) is 7.27. The highest BCUT2D eigenvalue weighted by Crippen LogP contribution is 2.17. The van der Waals surface area contributed by atoms with Crippen LogP contribution in [-0.4, -0.2) is 49.1 Å². The number of likely N-dealkylation sites (tertiary alicyclic amines) is 1. The molecule has 3 rings (SSSR count). The Morgan fingerprint density at radius 1 is 1.31 bits per heavy atom. The summed E-state index contributed by atoms with van der Waals surface area (Å²) in [7, 11) is 1.79. The lowest BCUT2D eigenvalue weighted by Crippen LogP contribution is -2.40. The minimum atomic E-state index is 0. The quantitative estimate of drug-likeness (QED) is 0.387. The molecule has 142 valence electrons. The first kappa shape index (κ1) is 20.7. The number of oxazole rings is 1. The van der Waals surface area contributed by atoms with Crippen molar-refractivity contribution in [2.45, 2.75) is 19.9 Å². The standard InChI is InChI=1S/C19H27N5O.HI/c1-3-24-10-9-15(13-24)11-21-19(20-2)22-12-17-14-25-18(23-17)16-7-5-4-6-8-16;/h4-8,14-15H,3,9-13H2,1-2H3,(H2,20,21,22);1H. The van der Waals surface area contributed by atoms with Crippen LogP contribution in [0.3, 0.4) is 0 Å². The molecule has 1 aromatic heterocycles. The second-order valence-corrected chi connectivity index (χ2v) is 6.36. The van der Waals surface area contributed by atoms with Crippen molar-refractivity contribution in [3.8, 4) is 11.5 Å².